The van der Waals surface area contributed by atoms with Gasteiger partial charge in [0, 0.05) is 30.6 Å². The minimum atomic E-state index is 0.128. The summed E-state index contributed by atoms with van der Waals surface area (Å²) in [5.74, 6) is 1.78. The maximum absolute atomic E-state index is 5.73. The summed E-state index contributed by atoms with van der Waals surface area (Å²) < 4.78 is 7.71. The zero-order valence-electron chi connectivity index (χ0n) is 11.4. The molecule has 5 nitrogen and oxygen atoms in total. The first kappa shape index (κ1) is 13.5. The average molecular weight is 260 g/mol. The van der Waals surface area contributed by atoms with Crippen LogP contribution in [0.1, 0.15) is 18.4 Å². The van der Waals surface area contributed by atoms with Gasteiger partial charge in [0.15, 0.2) is 0 Å². The third-order valence-electron chi connectivity index (χ3n) is 2.85. The maximum atomic E-state index is 5.73. The molecule has 1 atom stereocenters. The fourth-order valence-electron chi connectivity index (χ4n) is 1.85. The third-order valence-corrected chi connectivity index (χ3v) is 2.85. The minimum absolute atomic E-state index is 0.128. The highest BCUT2D eigenvalue weighted by molar-refractivity contribution is 5.20. The van der Waals surface area contributed by atoms with Crippen LogP contribution in [-0.4, -0.2) is 27.2 Å². The van der Waals surface area contributed by atoms with Crippen LogP contribution >= 0.6 is 0 Å². The number of hydrogen-bond donors (Lipinski definition) is 1. The summed E-state index contributed by atoms with van der Waals surface area (Å²) in [6.45, 7) is 5.34. The van der Waals surface area contributed by atoms with Crippen LogP contribution in [0.15, 0.2) is 30.7 Å². The van der Waals surface area contributed by atoms with Crippen LogP contribution in [0.2, 0.25) is 0 Å². The second-order valence-corrected chi connectivity index (χ2v) is 4.68. The lowest BCUT2D eigenvalue weighted by Crippen LogP contribution is -2.18. The number of pyridine rings is 1. The van der Waals surface area contributed by atoms with Crippen LogP contribution in [0.25, 0.3) is 0 Å². The average Bonchev–Trinajstić information content (AvgIpc) is 2.77. The number of ether oxygens (including phenoxy) is 1. The Hall–Kier alpha value is -1.88. The van der Waals surface area contributed by atoms with Crippen molar-refractivity contribution in [1.82, 2.24) is 14.5 Å². The predicted octanol–water partition coefficient (Wildman–Crippen LogP) is 1.56. The summed E-state index contributed by atoms with van der Waals surface area (Å²) in [6.07, 6.45) is 6.27. The molecule has 0 saturated heterocycles. The molecule has 1 unspecified atom stereocenters. The molecule has 0 fully saturated rings. The zero-order valence-corrected chi connectivity index (χ0v) is 11.4. The monoisotopic (exact) mass is 260 g/mol. The van der Waals surface area contributed by atoms with Gasteiger partial charge in [0.05, 0.1) is 12.7 Å². The van der Waals surface area contributed by atoms with Crippen LogP contribution in [0.5, 0.6) is 5.75 Å². The lowest BCUT2D eigenvalue weighted by molar-refractivity contribution is 0.296. The molecule has 5 heteroatoms. The summed E-state index contributed by atoms with van der Waals surface area (Å²) in [6, 6.07) is 4.02. The Labute approximate surface area is 113 Å². The fraction of sp³-hybridized carbons (Fsp3) is 0.429. The van der Waals surface area contributed by atoms with Crippen molar-refractivity contribution >= 4 is 0 Å². The van der Waals surface area contributed by atoms with Gasteiger partial charge in [-0.2, -0.15) is 0 Å². The first-order valence-corrected chi connectivity index (χ1v) is 6.46. The van der Waals surface area contributed by atoms with Crippen LogP contribution in [0.4, 0.5) is 0 Å². The van der Waals surface area contributed by atoms with Gasteiger partial charge in [0.2, 0.25) is 0 Å². The topological polar surface area (TPSA) is 66.0 Å². The molecular formula is C14H20N4O. The Morgan fingerprint density at radius 3 is 2.79 bits per heavy atom. The molecule has 0 saturated carbocycles. The van der Waals surface area contributed by atoms with E-state index in [2.05, 4.69) is 14.5 Å². The fourth-order valence-corrected chi connectivity index (χ4v) is 1.85. The third kappa shape index (κ3) is 4.06. The maximum Gasteiger partial charge on any atom is 0.137 e. The van der Waals surface area contributed by atoms with Gasteiger partial charge in [-0.15, -0.1) is 0 Å². The highest BCUT2D eigenvalue weighted by Crippen LogP contribution is 2.10. The van der Waals surface area contributed by atoms with Gasteiger partial charge in [-0.25, -0.2) is 4.98 Å². The first-order chi connectivity index (χ1) is 9.15. The van der Waals surface area contributed by atoms with E-state index in [-0.39, 0.29) is 6.04 Å². The highest BCUT2D eigenvalue weighted by atomic mass is 16.5. The van der Waals surface area contributed by atoms with Gasteiger partial charge in [-0.1, -0.05) is 0 Å². The van der Waals surface area contributed by atoms with Crippen LogP contribution in [0, 0.1) is 6.92 Å². The number of aryl methyl sites for hydroxylation is 1. The predicted molar refractivity (Wildman–Crippen MR) is 74.0 cm³/mol. The van der Waals surface area contributed by atoms with Crippen molar-refractivity contribution in [2.45, 2.75) is 32.9 Å². The molecule has 2 N–H and O–H groups in total. The largest absolute Gasteiger partial charge is 0.490 e. The van der Waals surface area contributed by atoms with Crippen molar-refractivity contribution in [3.8, 4) is 5.75 Å². The number of nitrogens with two attached hydrogens (primary N) is 1. The van der Waals surface area contributed by atoms with Crippen molar-refractivity contribution in [2.24, 2.45) is 5.73 Å². The molecular weight excluding hydrogens is 240 g/mol. The smallest absolute Gasteiger partial charge is 0.137 e. The molecule has 0 aliphatic carbocycles. The van der Waals surface area contributed by atoms with Crippen LogP contribution < -0.4 is 10.5 Å². The summed E-state index contributed by atoms with van der Waals surface area (Å²) >= 11 is 0. The van der Waals surface area contributed by atoms with E-state index in [1.165, 1.54) is 0 Å². The Bertz CT molecular complexity index is 504. The molecule has 2 heterocycles. The number of nitrogens with zero attached hydrogens (tertiary/aromatic N) is 3. The van der Waals surface area contributed by atoms with Gasteiger partial charge in [-0.3, -0.25) is 4.98 Å². The molecule has 102 valence electrons. The molecule has 2 rings (SSSR count). The van der Waals surface area contributed by atoms with E-state index in [1.54, 1.807) is 12.4 Å². The molecule has 0 aliphatic heterocycles. The van der Waals surface area contributed by atoms with Gasteiger partial charge in [0.1, 0.15) is 18.2 Å². The quantitative estimate of drug-likeness (QED) is 0.856. The summed E-state index contributed by atoms with van der Waals surface area (Å²) in [5.41, 5.74) is 6.72. The molecule has 19 heavy (non-hydrogen) atoms. The molecule has 0 aliphatic rings. The Balaban J connectivity index is 1.81. The van der Waals surface area contributed by atoms with Crippen molar-refractivity contribution in [1.29, 1.82) is 0 Å². The van der Waals surface area contributed by atoms with E-state index in [1.807, 2.05) is 32.2 Å². The van der Waals surface area contributed by atoms with E-state index < -0.39 is 0 Å². The Kier molecular flexibility index (Phi) is 4.52. The number of rotatable bonds is 6. The van der Waals surface area contributed by atoms with E-state index in [9.17, 15) is 0 Å². The second kappa shape index (κ2) is 6.33. The number of hydrogen-bond acceptors (Lipinski definition) is 4. The van der Waals surface area contributed by atoms with Crippen molar-refractivity contribution in [3.63, 3.8) is 0 Å². The van der Waals surface area contributed by atoms with Crippen molar-refractivity contribution < 1.29 is 4.74 Å². The molecule has 0 aromatic carbocycles. The summed E-state index contributed by atoms with van der Waals surface area (Å²) in [7, 11) is 0. The van der Waals surface area contributed by atoms with Crippen LogP contribution in [0.3, 0.4) is 0 Å². The number of imidazole rings is 1. The molecule has 0 radical (unpaired) electrons. The molecule has 2 aromatic heterocycles. The normalized spacial score (nSPS) is 12.4. The van der Waals surface area contributed by atoms with Gasteiger partial charge in [0.25, 0.3) is 0 Å². The van der Waals surface area contributed by atoms with E-state index >= 15 is 0 Å². The molecule has 0 amide bonds. The lowest BCUT2D eigenvalue weighted by atomic mass is 10.2. The highest BCUT2D eigenvalue weighted by Gasteiger charge is 2.01. The van der Waals surface area contributed by atoms with E-state index in [0.29, 0.717) is 6.61 Å². The van der Waals surface area contributed by atoms with E-state index in [4.69, 9.17) is 10.5 Å². The lowest BCUT2D eigenvalue weighted by Gasteiger charge is -2.09. The minimum Gasteiger partial charge on any atom is -0.490 e. The summed E-state index contributed by atoms with van der Waals surface area (Å²) in [5, 5.41) is 0. The van der Waals surface area contributed by atoms with Crippen LogP contribution in [-0.2, 0) is 13.0 Å². The number of aromatic nitrogens is 3. The van der Waals surface area contributed by atoms with Gasteiger partial charge >= 0.3 is 0 Å². The van der Waals surface area contributed by atoms with Gasteiger partial charge < -0.3 is 15.0 Å². The first-order valence-electron chi connectivity index (χ1n) is 6.46. The van der Waals surface area contributed by atoms with Crippen molar-refractivity contribution in [3.05, 3.63) is 42.2 Å². The molecule has 0 spiro atoms. The van der Waals surface area contributed by atoms with Gasteiger partial charge in [-0.05, 0) is 26.0 Å². The van der Waals surface area contributed by atoms with E-state index in [0.717, 1.165) is 30.2 Å². The Morgan fingerprint density at radius 1 is 1.37 bits per heavy atom. The Morgan fingerprint density at radius 2 is 2.21 bits per heavy atom. The molecule has 2 aromatic rings. The zero-order chi connectivity index (χ0) is 13.7. The standard InChI is InChI=1S/C14H20N4O/c1-11(15)9-13-3-4-14(10-17-13)19-8-7-18-6-5-16-12(18)2/h3-6,10-11H,7-9,15H2,1-2H3. The van der Waals surface area contributed by atoms with Crippen molar-refractivity contribution in [2.75, 3.05) is 6.61 Å². The SMILES string of the molecule is Cc1nccn1CCOc1ccc(CC(C)N)nc1. The molecule has 0 bridgehead atoms. The second-order valence-electron chi connectivity index (χ2n) is 4.68. The summed E-state index contributed by atoms with van der Waals surface area (Å²) in [4.78, 5) is 8.49.